The molecule has 28 heavy (non-hydrogen) atoms. The molecule has 7 nitrogen and oxygen atoms in total. The van der Waals surface area contributed by atoms with E-state index in [-0.39, 0.29) is 5.78 Å². The van der Waals surface area contributed by atoms with Gasteiger partial charge < -0.3 is 24.6 Å². The molecule has 1 aliphatic carbocycles. The van der Waals surface area contributed by atoms with E-state index in [2.05, 4.69) is 12.1 Å². The number of carboxylic acid groups (broad SMARTS) is 2. The van der Waals surface area contributed by atoms with Crippen molar-refractivity contribution < 1.29 is 34.2 Å². The summed E-state index contributed by atoms with van der Waals surface area (Å²) in [5.41, 5.74) is 2.28. The first-order valence-corrected chi connectivity index (χ1v) is 9.62. The van der Waals surface area contributed by atoms with Gasteiger partial charge in [-0.1, -0.05) is 37.1 Å². The standard InChI is InChI=1S/C17H23NO2.C4H4O4/c19-17(13-18-9-11-20-12-10-18)16-7-5-15(6-8-16)14-3-1-2-4-14;5-3(6)1-2-4(7)8/h5-8,14H,1-4,9-13H2;1-2H,(H,5,6)(H,7,8)/b;2-1-. The van der Waals surface area contributed by atoms with Gasteiger partial charge in [0.1, 0.15) is 19.6 Å². The number of aliphatic carboxylic acids is 2. The predicted molar refractivity (Wildman–Crippen MR) is 100 cm³/mol. The summed E-state index contributed by atoms with van der Waals surface area (Å²) < 4.78 is 5.33. The Labute approximate surface area is 164 Å². The molecule has 0 aromatic heterocycles. The molecular formula is C21H27NO6. The third-order valence-corrected chi connectivity index (χ3v) is 5.03. The first-order chi connectivity index (χ1) is 13.5. The number of quaternary nitrogens is 1. The third-order valence-electron chi connectivity index (χ3n) is 5.03. The van der Waals surface area contributed by atoms with Gasteiger partial charge in [0, 0.05) is 11.6 Å². The van der Waals surface area contributed by atoms with E-state index >= 15 is 0 Å². The number of benzene rings is 1. The van der Waals surface area contributed by atoms with Gasteiger partial charge in [0.25, 0.3) is 0 Å². The number of carbonyl (C=O) groups excluding carboxylic acids is 2. The average molecular weight is 389 g/mol. The summed E-state index contributed by atoms with van der Waals surface area (Å²) in [4.78, 5) is 32.6. The zero-order valence-electron chi connectivity index (χ0n) is 15.9. The largest absolute Gasteiger partial charge is 0.545 e. The van der Waals surface area contributed by atoms with Crippen LogP contribution >= 0.6 is 0 Å². The Morgan fingerprint density at radius 2 is 1.68 bits per heavy atom. The first-order valence-electron chi connectivity index (χ1n) is 9.62. The molecule has 152 valence electrons. The van der Waals surface area contributed by atoms with Crippen molar-refractivity contribution in [3.8, 4) is 0 Å². The molecule has 1 heterocycles. The molecule has 0 amide bonds. The number of ether oxygens (including phenoxy) is 1. The van der Waals surface area contributed by atoms with E-state index < -0.39 is 11.9 Å². The Balaban J connectivity index is 0.000000300. The highest BCUT2D eigenvalue weighted by Crippen LogP contribution is 2.33. The van der Waals surface area contributed by atoms with Crippen molar-refractivity contribution in [3.05, 3.63) is 47.5 Å². The molecule has 0 unspecified atom stereocenters. The summed E-state index contributed by atoms with van der Waals surface area (Å²) in [5.74, 6) is -1.81. The fourth-order valence-corrected chi connectivity index (χ4v) is 3.51. The monoisotopic (exact) mass is 389 g/mol. The molecule has 7 heteroatoms. The Kier molecular flexibility index (Phi) is 8.84. The molecule has 1 saturated heterocycles. The van der Waals surface area contributed by atoms with Crippen LogP contribution in [0.15, 0.2) is 36.4 Å². The maximum Gasteiger partial charge on any atom is 0.328 e. The quantitative estimate of drug-likeness (QED) is 0.516. The minimum Gasteiger partial charge on any atom is -0.545 e. The third kappa shape index (κ3) is 7.62. The lowest BCUT2D eigenvalue weighted by molar-refractivity contribution is -0.899. The van der Waals surface area contributed by atoms with Gasteiger partial charge in [-0.2, -0.15) is 0 Å². The number of Topliss-reactive ketones (excluding diaryl/α,β-unsaturated/α-hetero) is 1. The summed E-state index contributed by atoms with van der Waals surface area (Å²) in [7, 11) is 0. The predicted octanol–water partition coefficient (Wildman–Crippen LogP) is -0.181. The van der Waals surface area contributed by atoms with E-state index in [9.17, 15) is 19.5 Å². The second kappa shape index (κ2) is 11.4. The topological polar surface area (TPSA) is 108 Å². The van der Waals surface area contributed by atoms with Crippen molar-refractivity contribution in [2.24, 2.45) is 0 Å². The highest BCUT2D eigenvalue weighted by atomic mass is 16.5. The van der Waals surface area contributed by atoms with Gasteiger partial charge in [-0.25, -0.2) is 4.79 Å². The average Bonchev–Trinajstić information content (AvgIpc) is 3.23. The Morgan fingerprint density at radius 3 is 2.18 bits per heavy atom. The fourth-order valence-electron chi connectivity index (χ4n) is 3.51. The highest BCUT2D eigenvalue weighted by molar-refractivity contribution is 5.96. The molecule has 1 aromatic carbocycles. The number of carbonyl (C=O) groups is 3. The summed E-state index contributed by atoms with van der Waals surface area (Å²) in [5, 5.41) is 17.2. The van der Waals surface area contributed by atoms with Crippen LogP contribution in [0.4, 0.5) is 0 Å². The molecule has 1 aromatic rings. The summed E-state index contributed by atoms with van der Waals surface area (Å²) in [6.45, 7) is 4.07. The van der Waals surface area contributed by atoms with Crippen LogP contribution in [0.5, 0.6) is 0 Å². The minimum atomic E-state index is -1.51. The van der Waals surface area contributed by atoms with Crippen molar-refractivity contribution in [1.82, 2.24) is 0 Å². The first kappa shape index (κ1) is 21.8. The number of hydrogen-bond acceptors (Lipinski definition) is 5. The van der Waals surface area contributed by atoms with E-state index in [4.69, 9.17) is 9.84 Å². The fraction of sp³-hybridized carbons (Fsp3) is 0.476. The van der Waals surface area contributed by atoms with E-state index in [0.717, 1.165) is 37.8 Å². The number of ketones is 1. The summed E-state index contributed by atoms with van der Waals surface area (Å²) >= 11 is 0. The zero-order valence-corrected chi connectivity index (χ0v) is 15.9. The summed E-state index contributed by atoms with van der Waals surface area (Å²) in [6.07, 6.45) is 6.27. The number of nitrogens with one attached hydrogen (secondary N) is 1. The molecule has 2 aliphatic rings. The molecule has 3 rings (SSSR count). The maximum absolute atomic E-state index is 12.3. The molecule has 0 radical (unpaired) electrons. The Bertz CT molecular complexity index is 669. The van der Waals surface area contributed by atoms with Gasteiger partial charge in [0.05, 0.1) is 19.2 Å². The molecule has 2 fully saturated rings. The van der Waals surface area contributed by atoms with Crippen molar-refractivity contribution in [2.75, 3.05) is 32.8 Å². The zero-order chi connectivity index (χ0) is 20.4. The molecular weight excluding hydrogens is 362 g/mol. The van der Waals surface area contributed by atoms with Gasteiger partial charge in [-0.3, -0.25) is 4.79 Å². The van der Waals surface area contributed by atoms with E-state index in [0.29, 0.717) is 18.7 Å². The molecule has 1 saturated carbocycles. The van der Waals surface area contributed by atoms with Crippen LogP contribution in [0.3, 0.4) is 0 Å². The molecule has 0 bridgehead atoms. The number of hydrogen-bond donors (Lipinski definition) is 2. The van der Waals surface area contributed by atoms with Crippen LogP contribution in [0.1, 0.15) is 47.5 Å². The number of rotatable bonds is 6. The van der Waals surface area contributed by atoms with Crippen LogP contribution in [-0.4, -0.2) is 55.7 Å². The second-order valence-electron chi connectivity index (χ2n) is 7.06. The Morgan fingerprint density at radius 1 is 1.07 bits per heavy atom. The molecule has 2 N–H and O–H groups in total. The Hall–Kier alpha value is -2.51. The van der Waals surface area contributed by atoms with Crippen LogP contribution in [0.2, 0.25) is 0 Å². The lowest BCUT2D eigenvalue weighted by atomic mass is 9.96. The van der Waals surface area contributed by atoms with Crippen LogP contribution < -0.4 is 10.0 Å². The number of morpholine rings is 1. The second-order valence-corrected chi connectivity index (χ2v) is 7.06. The SMILES string of the molecule is O=C(C[NH+]1CCOCC1)c1ccc(C2CCCC2)cc1.O=C([O-])/C=C\C(=O)O. The van der Waals surface area contributed by atoms with Crippen molar-refractivity contribution in [2.45, 2.75) is 31.6 Å². The van der Waals surface area contributed by atoms with Crippen molar-refractivity contribution in [1.29, 1.82) is 0 Å². The van der Waals surface area contributed by atoms with E-state index in [1.807, 2.05) is 12.1 Å². The van der Waals surface area contributed by atoms with Gasteiger partial charge in [0.15, 0.2) is 0 Å². The lowest BCUT2D eigenvalue weighted by Crippen LogP contribution is -3.14. The van der Waals surface area contributed by atoms with Gasteiger partial charge in [-0.15, -0.1) is 0 Å². The molecule has 0 atom stereocenters. The van der Waals surface area contributed by atoms with E-state index in [1.54, 1.807) is 0 Å². The minimum absolute atomic E-state index is 0.264. The smallest absolute Gasteiger partial charge is 0.328 e. The van der Waals surface area contributed by atoms with Gasteiger partial charge in [0.2, 0.25) is 5.78 Å². The summed E-state index contributed by atoms with van der Waals surface area (Å²) in [6, 6.07) is 8.38. The van der Waals surface area contributed by atoms with Gasteiger partial charge in [-0.05, 0) is 30.4 Å². The van der Waals surface area contributed by atoms with Crippen LogP contribution in [-0.2, 0) is 14.3 Å². The molecule has 0 spiro atoms. The number of carboxylic acids is 2. The van der Waals surface area contributed by atoms with Crippen LogP contribution in [0.25, 0.3) is 0 Å². The van der Waals surface area contributed by atoms with Crippen LogP contribution in [0, 0.1) is 0 Å². The normalized spacial score (nSPS) is 17.9. The molecule has 1 aliphatic heterocycles. The lowest BCUT2D eigenvalue weighted by Gasteiger charge is -2.23. The van der Waals surface area contributed by atoms with E-state index in [1.165, 1.54) is 36.1 Å². The highest BCUT2D eigenvalue weighted by Gasteiger charge is 2.20. The van der Waals surface area contributed by atoms with Gasteiger partial charge >= 0.3 is 5.97 Å². The van der Waals surface area contributed by atoms with Crippen molar-refractivity contribution in [3.63, 3.8) is 0 Å². The van der Waals surface area contributed by atoms with Crippen molar-refractivity contribution >= 4 is 17.7 Å². The maximum atomic E-state index is 12.3.